The summed E-state index contributed by atoms with van der Waals surface area (Å²) in [6.07, 6.45) is -0.256. The second-order valence-corrected chi connectivity index (χ2v) is 11.3. The number of nitrogens with zero attached hydrogens (tertiary/aromatic N) is 4. The average Bonchev–Trinajstić information content (AvgIpc) is 2.88. The van der Waals surface area contributed by atoms with Crippen LogP contribution in [-0.4, -0.2) is 74.9 Å². The third kappa shape index (κ3) is 6.55. The fraction of sp³-hybridized carbons (Fsp3) is 0.552. The highest BCUT2D eigenvalue weighted by molar-refractivity contribution is 5.92. The molecule has 2 aromatic rings. The maximum absolute atomic E-state index is 13.7. The van der Waals surface area contributed by atoms with E-state index in [0.717, 1.165) is 16.6 Å². The van der Waals surface area contributed by atoms with Crippen molar-refractivity contribution in [2.75, 3.05) is 13.1 Å². The maximum Gasteiger partial charge on any atom is 0.256 e. The molecule has 1 aromatic heterocycles. The van der Waals surface area contributed by atoms with Crippen LogP contribution in [0.1, 0.15) is 59.1 Å². The van der Waals surface area contributed by atoms with E-state index in [0.29, 0.717) is 19.3 Å². The first kappa shape index (κ1) is 28.5. The third-order valence-electron chi connectivity index (χ3n) is 7.18. The van der Waals surface area contributed by atoms with Crippen LogP contribution in [0.2, 0.25) is 0 Å². The van der Waals surface area contributed by atoms with Gasteiger partial charge in [0.2, 0.25) is 17.7 Å². The zero-order chi connectivity index (χ0) is 28.3. The van der Waals surface area contributed by atoms with Crippen molar-refractivity contribution in [3.63, 3.8) is 0 Å². The molecule has 3 atom stereocenters. The number of para-hydroxylation sites is 1. The summed E-state index contributed by atoms with van der Waals surface area (Å²) in [6, 6.07) is 10.9. The molecule has 0 unspecified atom stereocenters. The van der Waals surface area contributed by atoms with E-state index in [2.05, 4.69) is 4.98 Å². The Balaban J connectivity index is 1.61. The van der Waals surface area contributed by atoms with Gasteiger partial charge >= 0.3 is 0 Å². The van der Waals surface area contributed by atoms with E-state index in [1.807, 2.05) is 64.1 Å². The molecular weight excluding hydrogens is 498 g/mol. The number of aromatic nitrogens is 1. The Bertz CT molecular complexity index is 1230. The minimum atomic E-state index is -0.858. The quantitative estimate of drug-likeness (QED) is 0.497. The van der Waals surface area contributed by atoms with Crippen LogP contribution in [0, 0.1) is 11.8 Å². The monoisotopic (exact) mass is 537 g/mol. The zero-order valence-corrected chi connectivity index (χ0v) is 23.2. The lowest BCUT2D eigenvalue weighted by Crippen LogP contribution is -2.73. The lowest BCUT2D eigenvalue weighted by molar-refractivity contribution is -0.277. The van der Waals surface area contributed by atoms with Gasteiger partial charge in [-0.2, -0.15) is 5.06 Å². The van der Waals surface area contributed by atoms with Gasteiger partial charge in [-0.3, -0.25) is 29.0 Å². The molecule has 2 aliphatic heterocycles. The SMILES string of the molecule is CC(C)C[C@H]1ON(C(=O)CCc2ccc3ccccc3n2)[C@H]2CN(CCC(N)=O)C(=O)[C@H](CC(C)C)N2C1=O. The van der Waals surface area contributed by atoms with Crippen LogP contribution in [0.5, 0.6) is 0 Å². The number of amides is 4. The molecule has 4 rings (SSSR count). The van der Waals surface area contributed by atoms with E-state index in [-0.39, 0.29) is 55.5 Å². The number of pyridine rings is 1. The normalized spacial score (nSPS) is 21.7. The number of benzene rings is 1. The number of fused-ring (bicyclic) bond motifs is 2. The van der Waals surface area contributed by atoms with E-state index in [1.54, 1.807) is 4.90 Å². The lowest BCUT2D eigenvalue weighted by atomic mass is 9.95. The fourth-order valence-corrected chi connectivity index (χ4v) is 5.32. The zero-order valence-electron chi connectivity index (χ0n) is 23.2. The Morgan fingerprint density at radius 1 is 1.00 bits per heavy atom. The van der Waals surface area contributed by atoms with Crippen molar-refractivity contribution in [3.05, 3.63) is 42.1 Å². The van der Waals surface area contributed by atoms with Gasteiger partial charge in [-0.05, 0) is 43.2 Å². The van der Waals surface area contributed by atoms with E-state index in [9.17, 15) is 19.2 Å². The predicted molar refractivity (Wildman–Crippen MR) is 146 cm³/mol. The van der Waals surface area contributed by atoms with Gasteiger partial charge in [-0.25, -0.2) is 0 Å². The Hall–Kier alpha value is -3.53. The Kier molecular flexibility index (Phi) is 8.84. The van der Waals surface area contributed by atoms with Crippen LogP contribution in [0.15, 0.2) is 36.4 Å². The Morgan fingerprint density at radius 2 is 1.72 bits per heavy atom. The molecule has 39 heavy (non-hydrogen) atoms. The highest BCUT2D eigenvalue weighted by atomic mass is 16.7. The van der Waals surface area contributed by atoms with Gasteiger partial charge in [0, 0.05) is 30.5 Å². The van der Waals surface area contributed by atoms with Crippen LogP contribution in [0.4, 0.5) is 0 Å². The largest absolute Gasteiger partial charge is 0.370 e. The van der Waals surface area contributed by atoms with Gasteiger partial charge < -0.3 is 15.5 Å². The number of hydroxylamine groups is 2. The number of aryl methyl sites for hydroxylation is 1. The van der Waals surface area contributed by atoms with Gasteiger partial charge in [0.15, 0.2) is 12.3 Å². The second kappa shape index (κ2) is 12.1. The minimum absolute atomic E-state index is 0.000778. The molecule has 2 fully saturated rings. The highest BCUT2D eigenvalue weighted by Crippen LogP contribution is 2.32. The topological polar surface area (TPSA) is 126 Å². The number of carbonyl (C=O) groups is 4. The molecular formula is C29H39N5O5. The van der Waals surface area contributed by atoms with E-state index in [1.165, 1.54) is 9.96 Å². The van der Waals surface area contributed by atoms with Crippen molar-refractivity contribution in [2.24, 2.45) is 17.6 Å². The summed E-state index contributed by atoms with van der Waals surface area (Å²) in [7, 11) is 0. The molecule has 0 radical (unpaired) electrons. The van der Waals surface area contributed by atoms with Crippen molar-refractivity contribution in [2.45, 2.75) is 78.1 Å². The summed E-state index contributed by atoms with van der Waals surface area (Å²) in [5, 5.41) is 2.32. The molecule has 10 nitrogen and oxygen atoms in total. The average molecular weight is 538 g/mol. The van der Waals surface area contributed by atoms with Crippen molar-refractivity contribution in [3.8, 4) is 0 Å². The van der Waals surface area contributed by atoms with Gasteiger partial charge in [0.25, 0.3) is 5.91 Å². The molecule has 0 saturated carbocycles. The Labute approximate surface area is 229 Å². The smallest absolute Gasteiger partial charge is 0.256 e. The standard InChI is InChI=1S/C29H39N5O5/c1-18(2)15-23-28(37)32(14-13-25(30)35)17-26-33(23)29(38)24(16-19(3)4)39-34(26)27(36)12-11-21-10-9-20-7-5-6-8-22(20)31-21/h5-10,18-19,23-24,26H,11-17H2,1-4H3,(H2,30,35)/t23-,24+,26-/m0/s1. The van der Waals surface area contributed by atoms with Crippen molar-refractivity contribution < 1.29 is 24.0 Å². The van der Waals surface area contributed by atoms with Gasteiger partial charge in [0.1, 0.15) is 6.04 Å². The second-order valence-electron chi connectivity index (χ2n) is 11.3. The van der Waals surface area contributed by atoms with Crippen molar-refractivity contribution in [1.82, 2.24) is 19.8 Å². The summed E-state index contributed by atoms with van der Waals surface area (Å²) in [5.74, 6) is -1.04. The summed E-state index contributed by atoms with van der Waals surface area (Å²) < 4.78 is 0. The molecule has 2 aliphatic rings. The van der Waals surface area contributed by atoms with Gasteiger partial charge in [-0.1, -0.05) is 52.0 Å². The number of carbonyl (C=O) groups excluding carboxylic acids is 4. The molecule has 2 saturated heterocycles. The number of hydrogen-bond acceptors (Lipinski definition) is 6. The Morgan fingerprint density at radius 3 is 2.41 bits per heavy atom. The summed E-state index contributed by atoms with van der Waals surface area (Å²) >= 11 is 0. The number of hydrogen-bond donors (Lipinski definition) is 1. The molecule has 0 spiro atoms. The van der Waals surface area contributed by atoms with Crippen LogP contribution in [-0.2, 0) is 30.4 Å². The van der Waals surface area contributed by atoms with Crippen LogP contribution < -0.4 is 5.73 Å². The number of nitrogens with two attached hydrogens (primary N) is 1. The van der Waals surface area contributed by atoms with Crippen molar-refractivity contribution in [1.29, 1.82) is 0 Å². The molecule has 3 heterocycles. The third-order valence-corrected chi connectivity index (χ3v) is 7.18. The van der Waals surface area contributed by atoms with E-state index >= 15 is 0 Å². The first-order valence-corrected chi connectivity index (χ1v) is 13.8. The van der Waals surface area contributed by atoms with E-state index in [4.69, 9.17) is 10.6 Å². The molecule has 0 aliphatic carbocycles. The predicted octanol–water partition coefficient (Wildman–Crippen LogP) is 2.64. The molecule has 1 aromatic carbocycles. The van der Waals surface area contributed by atoms with E-state index < -0.39 is 24.2 Å². The number of piperazine rings is 1. The van der Waals surface area contributed by atoms with Gasteiger partial charge in [-0.15, -0.1) is 0 Å². The summed E-state index contributed by atoms with van der Waals surface area (Å²) in [5.41, 5.74) is 7.00. The molecule has 2 N–H and O–H groups in total. The van der Waals surface area contributed by atoms with Crippen molar-refractivity contribution >= 4 is 34.5 Å². The molecule has 4 amide bonds. The first-order valence-electron chi connectivity index (χ1n) is 13.8. The summed E-state index contributed by atoms with van der Waals surface area (Å²) in [6.45, 7) is 8.12. The molecule has 210 valence electrons. The lowest BCUT2D eigenvalue weighted by Gasteiger charge is -2.53. The summed E-state index contributed by atoms with van der Waals surface area (Å²) in [4.78, 5) is 66.2. The number of primary amides is 1. The van der Waals surface area contributed by atoms with Gasteiger partial charge in [0.05, 0.1) is 12.1 Å². The minimum Gasteiger partial charge on any atom is -0.370 e. The number of rotatable bonds is 10. The van der Waals surface area contributed by atoms with Crippen LogP contribution in [0.3, 0.4) is 0 Å². The molecule has 10 heteroatoms. The highest BCUT2D eigenvalue weighted by Gasteiger charge is 2.52. The maximum atomic E-state index is 13.7. The molecule has 0 bridgehead atoms. The van der Waals surface area contributed by atoms with Crippen LogP contribution in [0.25, 0.3) is 10.9 Å². The van der Waals surface area contributed by atoms with Crippen LogP contribution >= 0.6 is 0 Å². The first-order chi connectivity index (χ1) is 18.5. The fourth-order valence-electron chi connectivity index (χ4n) is 5.32.